The summed E-state index contributed by atoms with van der Waals surface area (Å²) in [5.74, 6) is 0. The lowest BCUT2D eigenvalue weighted by atomic mass is 10.0. The normalized spacial score (nSPS) is 12.5. The van der Waals surface area contributed by atoms with Crippen LogP contribution in [0.4, 0.5) is 0 Å². The molecule has 0 spiro atoms. The van der Waals surface area contributed by atoms with Crippen molar-refractivity contribution in [1.82, 2.24) is 0 Å². The maximum Gasteiger partial charge on any atom is 0.0655 e. The van der Waals surface area contributed by atoms with Crippen molar-refractivity contribution in [3.05, 3.63) is 67.2 Å². The minimum Gasteiger partial charge on any atom is -0.0786 e. The van der Waals surface area contributed by atoms with Gasteiger partial charge in [0, 0.05) is 8.04 Å². The van der Waals surface area contributed by atoms with Crippen LogP contribution in [0.2, 0.25) is 0 Å². The molecule has 0 heterocycles. The van der Waals surface area contributed by atoms with E-state index < -0.39 is 0 Å². The van der Waals surface area contributed by atoms with Crippen LogP contribution in [-0.2, 0) is 0 Å². The zero-order chi connectivity index (χ0) is 12.4. The van der Waals surface area contributed by atoms with Crippen molar-refractivity contribution < 1.29 is 0 Å². The van der Waals surface area contributed by atoms with E-state index in [9.17, 15) is 0 Å². The molecular formula is C14H11Br2I. The van der Waals surface area contributed by atoms with E-state index >= 15 is 0 Å². The first-order valence-corrected chi connectivity index (χ1v) is 8.02. The fraction of sp³-hybridized carbons (Fsp3) is 0.143. The second-order valence-electron chi connectivity index (χ2n) is 3.94. The summed E-state index contributed by atoms with van der Waals surface area (Å²) in [5.41, 5.74) is 3.83. The van der Waals surface area contributed by atoms with E-state index in [-0.39, 0.29) is 4.83 Å². The van der Waals surface area contributed by atoms with E-state index in [1.54, 1.807) is 0 Å². The Hall–Kier alpha value is 0.130. The lowest BCUT2D eigenvalue weighted by Gasteiger charge is -2.13. The van der Waals surface area contributed by atoms with Crippen LogP contribution in [0.3, 0.4) is 0 Å². The highest BCUT2D eigenvalue weighted by Crippen LogP contribution is 2.36. The molecule has 3 heteroatoms. The van der Waals surface area contributed by atoms with Crippen molar-refractivity contribution in [2.75, 3.05) is 0 Å². The molecule has 2 aromatic carbocycles. The van der Waals surface area contributed by atoms with Gasteiger partial charge in [-0.2, -0.15) is 0 Å². The zero-order valence-corrected chi connectivity index (χ0v) is 14.6. The van der Waals surface area contributed by atoms with Crippen LogP contribution < -0.4 is 0 Å². The lowest BCUT2D eigenvalue weighted by molar-refractivity contribution is 1.15. The average molecular weight is 466 g/mol. The van der Waals surface area contributed by atoms with E-state index in [2.05, 4.69) is 104 Å². The van der Waals surface area contributed by atoms with Gasteiger partial charge in [-0.3, -0.25) is 0 Å². The van der Waals surface area contributed by atoms with Gasteiger partial charge in [0.05, 0.1) is 4.83 Å². The maximum absolute atomic E-state index is 3.77. The first-order chi connectivity index (χ1) is 8.08. The molecule has 17 heavy (non-hydrogen) atoms. The monoisotopic (exact) mass is 464 g/mol. The smallest absolute Gasteiger partial charge is 0.0655 e. The van der Waals surface area contributed by atoms with Crippen molar-refractivity contribution in [3.8, 4) is 0 Å². The molecule has 88 valence electrons. The van der Waals surface area contributed by atoms with Crippen LogP contribution in [0, 0.1) is 10.5 Å². The molecule has 0 aliphatic rings. The summed E-state index contributed by atoms with van der Waals surface area (Å²) in [6.07, 6.45) is 0. The summed E-state index contributed by atoms with van der Waals surface area (Å²) in [4.78, 5) is 0.229. The third-order valence-corrected chi connectivity index (χ3v) is 5.02. The molecule has 0 radical (unpaired) electrons. The lowest BCUT2D eigenvalue weighted by Crippen LogP contribution is -1.94. The van der Waals surface area contributed by atoms with Gasteiger partial charge in [0.2, 0.25) is 0 Å². The van der Waals surface area contributed by atoms with E-state index in [4.69, 9.17) is 0 Å². The fourth-order valence-electron chi connectivity index (χ4n) is 1.62. The summed E-state index contributed by atoms with van der Waals surface area (Å²) < 4.78 is 2.39. The van der Waals surface area contributed by atoms with Crippen LogP contribution >= 0.6 is 54.5 Å². The molecule has 0 fully saturated rings. The largest absolute Gasteiger partial charge is 0.0786 e. The Labute approximate surface area is 132 Å². The number of rotatable bonds is 2. The predicted molar refractivity (Wildman–Crippen MR) is 88.8 cm³/mol. The third-order valence-electron chi connectivity index (χ3n) is 2.60. The molecule has 1 atom stereocenters. The van der Waals surface area contributed by atoms with Crippen LogP contribution in [0.1, 0.15) is 21.5 Å². The summed E-state index contributed by atoms with van der Waals surface area (Å²) in [7, 11) is 0. The average Bonchev–Trinajstić information content (AvgIpc) is 2.32. The Balaban J connectivity index is 2.39. The van der Waals surface area contributed by atoms with E-state index in [0.29, 0.717) is 0 Å². The Bertz CT molecular complexity index is 520. The highest BCUT2D eigenvalue weighted by atomic mass is 127. The van der Waals surface area contributed by atoms with Gasteiger partial charge >= 0.3 is 0 Å². The Morgan fingerprint density at radius 3 is 2.35 bits per heavy atom. The SMILES string of the molecule is Cc1ccc(C(Br)c2cc(I)ccc2Br)cc1. The molecule has 1 unspecified atom stereocenters. The first-order valence-electron chi connectivity index (χ1n) is 5.23. The van der Waals surface area contributed by atoms with Gasteiger partial charge in [-0.05, 0) is 58.8 Å². The van der Waals surface area contributed by atoms with Crippen molar-refractivity contribution in [1.29, 1.82) is 0 Å². The van der Waals surface area contributed by atoms with E-state index in [1.807, 2.05) is 0 Å². The van der Waals surface area contributed by atoms with Crippen LogP contribution in [-0.4, -0.2) is 0 Å². The molecule has 0 aliphatic heterocycles. The summed E-state index contributed by atoms with van der Waals surface area (Å²) in [5, 5.41) is 0. The van der Waals surface area contributed by atoms with Crippen LogP contribution in [0.5, 0.6) is 0 Å². The Kier molecular flexibility index (Phi) is 4.66. The third kappa shape index (κ3) is 3.32. The molecular weight excluding hydrogens is 455 g/mol. The standard InChI is InChI=1S/C14H11Br2I/c1-9-2-4-10(5-3-9)14(16)12-8-11(17)6-7-13(12)15/h2-8,14H,1H3. The number of alkyl halides is 1. The van der Waals surface area contributed by atoms with Crippen LogP contribution in [0.15, 0.2) is 46.9 Å². The number of benzene rings is 2. The summed E-state index contributed by atoms with van der Waals surface area (Å²) in [6, 6.07) is 15.0. The van der Waals surface area contributed by atoms with Gasteiger partial charge in [0.15, 0.2) is 0 Å². The minimum atomic E-state index is 0.229. The van der Waals surface area contributed by atoms with Crippen molar-refractivity contribution >= 4 is 54.5 Å². The van der Waals surface area contributed by atoms with Gasteiger partial charge in [0.1, 0.15) is 0 Å². The quantitative estimate of drug-likeness (QED) is 0.386. The second-order valence-corrected chi connectivity index (χ2v) is 6.95. The number of halogens is 3. The van der Waals surface area contributed by atoms with Gasteiger partial charge in [-0.1, -0.05) is 61.7 Å². The van der Waals surface area contributed by atoms with Gasteiger partial charge in [-0.25, -0.2) is 0 Å². The van der Waals surface area contributed by atoms with Crippen molar-refractivity contribution in [2.24, 2.45) is 0 Å². The molecule has 0 bridgehead atoms. The maximum atomic E-state index is 3.77. The molecule has 0 saturated heterocycles. The zero-order valence-electron chi connectivity index (χ0n) is 9.25. The number of aryl methyl sites for hydroxylation is 1. The van der Waals surface area contributed by atoms with E-state index in [1.165, 1.54) is 20.3 Å². The molecule has 2 aromatic rings. The first kappa shape index (κ1) is 13.6. The fourth-order valence-corrected chi connectivity index (χ4v) is 3.61. The Morgan fingerprint density at radius 1 is 1.06 bits per heavy atom. The summed E-state index contributed by atoms with van der Waals surface area (Å²) >= 11 is 9.72. The molecule has 0 aliphatic carbocycles. The number of hydrogen-bond acceptors (Lipinski definition) is 0. The second kappa shape index (κ2) is 5.85. The topological polar surface area (TPSA) is 0 Å². The molecule has 0 saturated carbocycles. The van der Waals surface area contributed by atoms with E-state index in [0.717, 1.165) is 4.47 Å². The highest BCUT2D eigenvalue weighted by Gasteiger charge is 2.13. The molecule has 0 amide bonds. The van der Waals surface area contributed by atoms with Gasteiger partial charge < -0.3 is 0 Å². The molecule has 2 rings (SSSR count). The van der Waals surface area contributed by atoms with Gasteiger partial charge in [-0.15, -0.1) is 0 Å². The van der Waals surface area contributed by atoms with Crippen molar-refractivity contribution in [2.45, 2.75) is 11.8 Å². The molecule has 0 nitrogen and oxygen atoms in total. The van der Waals surface area contributed by atoms with Gasteiger partial charge in [0.25, 0.3) is 0 Å². The molecule has 0 N–H and O–H groups in total. The highest BCUT2D eigenvalue weighted by molar-refractivity contribution is 14.1. The summed E-state index contributed by atoms with van der Waals surface area (Å²) in [6.45, 7) is 2.11. The Morgan fingerprint density at radius 2 is 1.71 bits per heavy atom. The molecule has 0 aromatic heterocycles. The van der Waals surface area contributed by atoms with Crippen molar-refractivity contribution in [3.63, 3.8) is 0 Å². The number of hydrogen-bond donors (Lipinski definition) is 0. The minimum absolute atomic E-state index is 0.229. The van der Waals surface area contributed by atoms with Crippen LogP contribution in [0.25, 0.3) is 0 Å². The predicted octanol–water partition coefficient (Wildman–Crippen LogP) is 5.85.